The maximum Gasteiger partial charge on any atom is 0.305 e. The van der Waals surface area contributed by atoms with Crippen LogP contribution in [0.15, 0.2) is 0 Å². The summed E-state index contributed by atoms with van der Waals surface area (Å²) < 4.78 is 33.2. The molecule has 0 aromatic heterocycles. The molecule has 0 spiro atoms. The summed E-state index contributed by atoms with van der Waals surface area (Å²) in [6.45, 7) is 7.00. The molecule has 2 aliphatic rings. The lowest BCUT2D eigenvalue weighted by atomic mass is 9.97. The zero-order valence-corrected chi connectivity index (χ0v) is 37.3. The topological polar surface area (TPSA) is 231 Å². The minimum atomic E-state index is -1.83. The summed E-state index contributed by atoms with van der Waals surface area (Å²) in [5, 5.41) is 73.6. The molecule has 7 N–H and O–H groups in total. The van der Waals surface area contributed by atoms with Crippen molar-refractivity contribution in [3.05, 3.63) is 0 Å². The van der Waals surface area contributed by atoms with Crippen LogP contribution in [-0.4, -0.2) is 142 Å². The van der Waals surface area contributed by atoms with Crippen molar-refractivity contribution >= 4 is 11.9 Å². The molecule has 0 aliphatic carbocycles. The van der Waals surface area contributed by atoms with Gasteiger partial charge < -0.3 is 64.2 Å². The van der Waals surface area contributed by atoms with Gasteiger partial charge in [-0.05, 0) is 24.7 Å². The average Bonchev–Trinajstić information content (AvgIpc) is 3.21. The normalized spacial score (nSPS) is 27.7. The minimum absolute atomic E-state index is 0.162. The maximum absolute atomic E-state index is 12.6. The second-order valence-corrected chi connectivity index (χ2v) is 17.9. The second kappa shape index (κ2) is 32.2. The van der Waals surface area contributed by atoms with E-state index in [0.29, 0.717) is 12.8 Å². The lowest BCUT2D eigenvalue weighted by Crippen LogP contribution is -2.65. The van der Waals surface area contributed by atoms with Crippen molar-refractivity contribution in [2.24, 2.45) is 11.8 Å². The highest BCUT2D eigenvalue weighted by molar-refractivity contribution is 5.69. The molecular formula is C45H84O15. The van der Waals surface area contributed by atoms with Gasteiger partial charge in [-0.2, -0.15) is 0 Å². The molecule has 0 amide bonds. The van der Waals surface area contributed by atoms with Crippen LogP contribution < -0.4 is 0 Å². The van der Waals surface area contributed by atoms with Crippen LogP contribution in [0.3, 0.4) is 0 Å². The van der Waals surface area contributed by atoms with Crippen molar-refractivity contribution in [3.8, 4) is 0 Å². The largest absolute Gasteiger partial charge is 0.463 e. The molecule has 15 heteroatoms. The lowest BCUT2D eigenvalue weighted by Gasteiger charge is -2.46. The van der Waals surface area contributed by atoms with Crippen molar-refractivity contribution in [1.82, 2.24) is 0 Å². The molecular weight excluding hydrogens is 780 g/mol. The lowest BCUT2D eigenvalue weighted by molar-refractivity contribution is -0.361. The number of esters is 2. The van der Waals surface area contributed by atoms with Crippen LogP contribution in [0.5, 0.6) is 0 Å². The van der Waals surface area contributed by atoms with E-state index in [1.54, 1.807) is 0 Å². The van der Waals surface area contributed by atoms with E-state index in [-0.39, 0.29) is 19.4 Å². The summed E-state index contributed by atoms with van der Waals surface area (Å²) in [5.41, 5.74) is 0. The highest BCUT2D eigenvalue weighted by atomic mass is 16.7. The molecule has 2 aliphatic heterocycles. The molecule has 60 heavy (non-hydrogen) atoms. The summed E-state index contributed by atoms with van der Waals surface area (Å²) in [5.74, 6) is 0.554. The maximum atomic E-state index is 12.6. The first-order valence-corrected chi connectivity index (χ1v) is 23.3. The van der Waals surface area contributed by atoms with Gasteiger partial charge in [-0.3, -0.25) is 9.59 Å². The number of unbranched alkanes of at least 4 members (excludes halogenated alkanes) is 16. The van der Waals surface area contributed by atoms with Crippen LogP contribution in [0.1, 0.15) is 169 Å². The Bertz CT molecular complexity index is 1090. The third kappa shape index (κ3) is 22.7. The average molecular weight is 865 g/mol. The minimum Gasteiger partial charge on any atom is -0.463 e. The van der Waals surface area contributed by atoms with Gasteiger partial charge in [0.05, 0.1) is 13.2 Å². The summed E-state index contributed by atoms with van der Waals surface area (Å²) in [6, 6.07) is 0. The first-order chi connectivity index (χ1) is 28.7. The Morgan fingerprint density at radius 3 is 1.45 bits per heavy atom. The molecule has 0 aromatic rings. The first kappa shape index (κ1) is 54.6. The van der Waals surface area contributed by atoms with E-state index in [9.17, 15) is 45.3 Å². The number of rotatable bonds is 34. The molecule has 11 atom stereocenters. The molecule has 2 heterocycles. The van der Waals surface area contributed by atoms with Gasteiger partial charge in [0.25, 0.3) is 0 Å². The number of carbonyl (C=O) groups excluding carboxylic acids is 2. The van der Waals surface area contributed by atoms with Crippen LogP contribution in [-0.2, 0) is 38.0 Å². The van der Waals surface area contributed by atoms with Gasteiger partial charge >= 0.3 is 11.9 Å². The molecule has 2 saturated heterocycles. The zero-order valence-electron chi connectivity index (χ0n) is 37.3. The Hall–Kier alpha value is -1.50. The predicted octanol–water partition coefficient (Wildman–Crippen LogP) is 4.98. The van der Waals surface area contributed by atoms with Crippen LogP contribution >= 0.6 is 0 Å². The second-order valence-electron chi connectivity index (χ2n) is 17.9. The fourth-order valence-corrected chi connectivity index (χ4v) is 7.55. The SMILES string of the molecule is CC(C)CCCCCCCCCCCC(=O)OCC(O)COC1OC(COC(=O)CCCCCCCCCCCC(C)C)C(O)C(OC2OC(CO)C(O)C(O)C2O)C1O. The van der Waals surface area contributed by atoms with Gasteiger partial charge in [0.15, 0.2) is 12.6 Å². The summed E-state index contributed by atoms with van der Waals surface area (Å²) in [6.07, 6.45) is 5.33. The Balaban J connectivity index is 1.81. The molecule has 2 fully saturated rings. The fourth-order valence-electron chi connectivity index (χ4n) is 7.55. The van der Waals surface area contributed by atoms with Crippen molar-refractivity contribution in [3.63, 3.8) is 0 Å². The molecule has 0 aromatic carbocycles. The number of aliphatic hydroxyl groups excluding tert-OH is 7. The Morgan fingerprint density at radius 1 is 0.517 bits per heavy atom. The van der Waals surface area contributed by atoms with E-state index in [0.717, 1.165) is 50.4 Å². The standard InChI is InChI=1S/C45H84O15/c1-31(2)23-19-15-11-7-5-9-13-17-21-25-36(48)55-28-33(47)29-57-44-42(54)43(60-45-41(53)40(52)38(50)34(27-46)58-45)39(51)35(59-44)30-56-37(49)26-22-18-14-10-6-8-12-16-20-24-32(3)4/h31-35,38-47,50-54H,5-30H2,1-4H3. The highest BCUT2D eigenvalue weighted by Crippen LogP contribution is 2.30. The van der Waals surface area contributed by atoms with Crippen molar-refractivity contribution in [2.45, 2.75) is 236 Å². The Morgan fingerprint density at radius 2 is 0.967 bits per heavy atom. The van der Waals surface area contributed by atoms with Crippen LogP contribution in [0, 0.1) is 11.8 Å². The van der Waals surface area contributed by atoms with E-state index >= 15 is 0 Å². The van der Waals surface area contributed by atoms with Gasteiger partial charge in [-0.1, -0.05) is 143 Å². The third-order valence-corrected chi connectivity index (χ3v) is 11.4. The molecule has 15 nitrogen and oxygen atoms in total. The van der Waals surface area contributed by atoms with E-state index in [4.69, 9.17) is 28.4 Å². The number of hydrogen-bond donors (Lipinski definition) is 7. The van der Waals surface area contributed by atoms with E-state index in [1.807, 2.05) is 0 Å². The molecule has 2 rings (SSSR count). The molecule has 0 saturated carbocycles. The first-order valence-electron chi connectivity index (χ1n) is 23.3. The van der Waals surface area contributed by atoms with Gasteiger partial charge in [0.1, 0.15) is 68.1 Å². The van der Waals surface area contributed by atoms with Crippen molar-refractivity contribution in [2.75, 3.05) is 26.4 Å². The predicted molar refractivity (Wildman–Crippen MR) is 224 cm³/mol. The summed E-state index contributed by atoms with van der Waals surface area (Å²) >= 11 is 0. The molecule has 354 valence electrons. The Labute approximate surface area is 359 Å². The van der Waals surface area contributed by atoms with E-state index in [2.05, 4.69) is 27.7 Å². The van der Waals surface area contributed by atoms with Crippen LogP contribution in [0.2, 0.25) is 0 Å². The van der Waals surface area contributed by atoms with Crippen molar-refractivity contribution < 1.29 is 73.8 Å². The highest BCUT2D eigenvalue weighted by Gasteiger charge is 2.51. The smallest absolute Gasteiger partial charge is 0.305 e. The summed E-state index contributed by atoms with van der Waals surface area (Å²) in [4.78, 5) is 25.0. The van der Waals surface area contributed by atoms with Gasteiger partial charge in [-0.15, -0.1) is 0 Å². The molecule has 0 bridgehead atoms. The molecule has 11 unspecified atom stereocenters. The van der Waals surface area contributed by atoms with Crippen LogP contribution in [0.25, 0.3) is 0 Å². The fraction of sp³-hybridized carbons (Fsp3) is 0.956. The number of aliphatic hydroxyl groups is 7. The van der Waals surface area contributed by atoms with Crippen LogP contribution in [0.4, 0.5) is 0 Å². The number of hydrogen-bond acceptors (Lipinski definition) is 15. The Kier molecular flexibility index (Phi) is 29.3. The zero-order chi connectivity index (χ0) is 44.3. The van der Waals surface area contributed by atoms with Crippen molar-refractivity contribution in [1.29, 1.82) is 0 Å². The van der Waals surface area contributed by atoms with E-state index < -0.39 is 99.3 Å². The van der Waals surface area contributed by atoms with Gasteiger partial charge in [0.2, 0.25) is 0 Å². The number of ether oxygens (including phenoxy) is 6. The quantitative estimate of drug-likeness (QED) is 0.0334. The van der Waals surface area contributed by atoms with E-state index in [1.165, 1.54) is 77.0 Å². The monoisotopic (exact) mass is 865 g/mol. The van der Waals surface area contributed by atoms with Gasteiger partial charge in [0, 0.05) is 12.8 Å². The number of carbonyl (C=O) groups is 2. The van der Waals surface area contributed by atoms with Gasteiger partial charge in [-0.25, -0.2) is 0 Å². The molecule has 0 radical (unpaired) electrons. The third-order valence-electron chi connectivity index (χ3n) is 11.4. The summed E-state index contributed by atoms with van der Waals surface area (Å²) in [7, 11) is 0.